The van der Waals surface area contributed by atoms with Gasteiger partial charge in [0.05, 0.1) is 24.3 Å². The number of aliphatic hydroxyl groups is 1. The lowest BCUT2D eigenvalue weighted by Gasteiger charge is -2.49. The van der Waals surface area contributed by atoms with Crippen LogP contribution in [0.15, 0.2) is 30.5 Å². The molecule has 2 saturated heterocycles. The average molecular weight is 500 g/mol. The summed E-state index contributed by atoms with van der Waals surface area (Å²) in [7, 11) is 0. The Labute approximate surface area is 174 Å². The minimum atomic E-state index is -0.965. The van der Waals surface area contributed by atoms with E-state index in [0.717, 1.165) is 19.4 Å². The molecule has 2 fully saturated rings. The van der Waals surface area contributed by atoms with Crippen LogP contribution in [0.5, 0.6) is 0 Å². The highest BCUT2D eigenvalue weighted by molar-refractivity contribution is 14.1. The minimum absolute atomic E-state index is 0.0378. The zero-order chi connectivity index (χ0) is 19.9. The van der Waals surface area contributed by atoms with Crippen molar-refractivity contribution in [1.82, 2.24) is 15.2 Å². The number of likely N-dealkylation sites (tertiary alicyclic amines) is 1. The smallest absolute Gasteiger partial charge is 0.256 e. The van der Waals surface area contributed by atoms with Crippen molar-refractivity contribution in [2.75, 3.05) is 25.0 Å². The number of amides is 1. The normalized spacial score (nSPS) is 20.7. The van der Waals surface area contributed by atoms with Crippen molar-refractivity contribution >= 4 is 39.9 Å². The number of nitrogens with zero attached hydrogens (tertiary/aromatic N) is 2. The van der Waals surface area contributed by atoms with E-state index in [0.29, 0.717) is 3.57 Å². The Balaban J connectivity index is 1.55. The molecule has 2 aliphatic rings. The van der Waals surface area contributed by atoms with Crippen LogP contribution >= 0.6 is 22.6 Å². The summed E-state index contributed by atoms with van der Waals surface area (Å²) >= 11 is 1.97. The summed E-state index contributed by atoms with van der Waals surface area (Å²) in [5.74, 6) is -1.88. The van der Waals surface area contributed by atoms with Crippen molar-refractivity contribution in [1.29, 1.82) is 0 Å². The average Bonchev–Trinajstić information content (AvgIpc) is 3.17. The number of β-amino-alcohol motifs (C(OH)–C–C–N with tert-alkyl or cyclic N) is 1. The van der Waals surface area contributed by atoms with E-state index >= 15 is 0 Å². The first-order valence-electron chi connectivity index (χ1n) is 8.99. The summed E-state index contributed by atoms with van der Waals surface area (Å²) in [5, 5.41) is 16.6. The van der Waals surface area contributed by atoms with Crippen LogP contribution in [0.3, 0.4) is 0 Å². The molecule has 0 bridgehead atoms. The molecule has 0 spiro atoms. The number of halogens is 3. The van der Waals surface area contributed by atoms with E-state index in [4.69, 9.17) is 0 Å². The molecule has 1 aromatic heterocycles. The zero-order valence-electron chi connectivity index (χ0n) is 14.9. The van der Waals surface area contributed by atoms with Crippen molar-refractivity contribution in [2.24, 2.45) is 0 Å². The second-order valence-corrected chi connectivity index (χ2v) is 8.43. The van der Waals surface area contributed by atoms with Gasteiger partial charge in [0.15, 0.2) is 0 Å². The molecule has 3 N–H and O–H groups in total. The molecule has 1 aromatic carbocycles. The number of rotatable bonds is 4. The van der Waals surface area contributed by atoms with Crippen molar-refractivity contribution in [2.45, 2.75) is 24.5 Å². The highest BCUT2D eigenvalue weighted by atomic mass is 127. The molecule has 9 heteroatoms. The highest BCUT2D eigenvalue weighted by Gasteiger charge is 2.50. The van der Waals surface area contributed by atoms with Crippen LogP contribution in [-0.4, -0.2) is 52.2 Å². The zero-order valence-corrected chi connectivity index (χ0v) is 17.0. The molecule has 1 amide bonds. The molecular weight excluding hydrogens is 481 g/mol. The molecule has 4 rings (SSSR count). The van der Waals surface area contributed by atoms with Crippen molar-refractivity contribution in [3.63, 3.8) is 0 Å². The number of nitrogens with one attached hydrogen (secondary N) is 2. The molecule has 148 valence electrons. The topological polar surface area (TPSA) is 77.5 Å². The summed E-state index contributed by atoms with van der Waals surface area (Å²) in [5.41, 5.74) is -1.04. The van der Waals surface area contributed by atoms with Crippen molar-refractivity contribution < 1.29 is 18.7 Å². The molecule has 1 atom stereocenters. The SMILES string of the molecule is O=C(c1ccnc(F)c1Nc1ccc(I)cc1F)N1CC(O)(C2CCCN2)C1. The Morgan fingerprint density at radius 1 is 1.36 bits per heavy atom. The number of aromatic nitrogens is 1. The number of benzene rings is 1. The summed E-state index contributed by atoms with van der Waals surface area (Å²) in [4.78, 5) is 17.9. The fraction of sp³-hybridized carbons (Fsp3) is 0.368. The lowest BCUT2D eigenvalue weighted by Crippen LogP contribution is -2.70. The quantitative estimate of drug-likeness (QED) is 0.445. The molecule has 0 saturated carbocycles. The summed E-state index contributed by atoms with van der Waals surface area (Å²) in [6.45, 7) is 1.20. The Kier molecular flexibility index (Phi) is 5.23. The Morgan fingerprint density at radius 3 is 2.82 bits per heavy atom. The fourth-order valence-corrected chi connectivity index (χ4v) is 4.20. The third-order valence-electron chi connectivity index (χ3n) is 5.25. The van der Waals surface area contributed by atoms with Gasteiger partial charge in [0.1, 0.15) is 17.1 Å². The molecule has 3 heterocycles. The van der Waals surface area contributed by atoms with Crippen LogP contribution in [0.25, 0.3) is 0 Å². The van der Waals surface area contributed by atoms with Gasteiger partial charge in [-0.2, -0.15) is 4.39 Å². The van der Waals surface area contributed by atoms with Gasteiger partial charge in [0, 0.05) is 15.8 Å². The maximum absolute atomic E-state index is 14.4. The van der Waals surface area contributed by atoms with Crippen molar-refractivity contribution in [3.8, 4) is 0 Å². The van der Waals surface area contributed by atoms with E-state index in [-0.39, 0.29) is 36.1 Å². The number of pyridine rings is 1. The third-order valence-corrected chi connectivity index (χ3v) is 5.92. The molecule has 6 nitrogen and oxygen atoms in total. The summed E-state index contributed by atoms with van der Waals surface area (Å²) < 4.78 is 29.2. The van der Waals surface area contributed by atoms with E-state index in [1.54, 1.807) is 6.07 Å². The number of anilines is 2. The van der Waals surface area contributed by atoms with Gasteiger partial charge in [-0.15, -0.1) is 0 Å². The predicted molar refractivity (Wildman–Crippen MR) is 108 cm³/mol. The Morgan fingerprint density at radius 2 is 2.14 bits per heavy atom. The second-order valence-electron chi connectivity index (χ2n) is 7.19. The summed E-state index contributed by atoms with van der Waals surface area (Å²) in [6.07, 6.45) is 3.05. The van der Waals surface area contributed by atoms with Crippen LogP contribution in [0.2, 0.25) is 0 Å². The van der Waals surface area contributed by atoms with Crippen LogP contribution in [-0.2, 0) is 0 Å². The lowest BCUT2D eigenvalue weighted by atomic mass is 9.84. The molecule has 28 heavy (non-hydrogen) atoms. The summed E-state index contributed by atoms with van der Waals surface area (Å²) in [6, 6.07) is 5.81. The molecule has 0 radical (unpaired) electrons. The number of carbonyl (C=O) groups excluding carboxylic acids is 1. The van der Waals surface area contributed by atoms with Gasteiger partial charge in [0.2, 0.25) is 5.95 Å². The molecule has 1 unspecified atom stereocenters. The molecular formula is C19H19F2IN4O2. The molecule has 2 aliphatic heterocycles. The Hall–Kier alpha value is -1.85. The lowest BCUT2D eigenvalue weighted by molar-refractivity contribution is -0.100. The maximum atomic E-state index is 14.4. The van der Waals surface area contributed by atoms with Crippen LogP contribution < -0.4 is 10.6 Å². The predicted octanol–water partition coefficient (Wildman–Crippen LogP) is 2.65. The Bertz CT molecular complexity index is 915. The number of carbonyl (C=O) groups is 1. The minimum Gasteiger partial charge on any atom is -0.385 e. The first-order valence-corrected chi connectivity index (χ1v) is 10.1. The van der Waals surface area contributed by atoms with Gasteiger partial charge in [-0.1, -0.05) is 0 Å². The van der Waals surface area contributed by atoms with Crippen LogP contribution in [0.4, 0.5) is 20.2 Å². The van der Waals surface area contributed by atoms with Gasteiger partial charge in [-0.05, 0) is 66.2 Å². The van der Waals surface area contributed by atoms with Gasteiger partial charge in [-0.3, -0.25) is 4.79 Å². The van der Waals surface area contributed by atoms with E-state index < -0.39 is 23.3 Å². The standard InChI is InChI=1S/C19H19F2IN4O2/c20-13-8-11(22)3-4-14(13)25-16-12(5-7-24-17(16)21)18(27)26-9-19(28,10-26)15-2-1-6-23-15/h3-5,7-8,15,23,25,28H,1-2,6,9-10H2. The fourth-order valence-electron chi connectivity index (χ4n) is 3.75. The second kappa shape index (κ2) is 7.53. The van der Waals surface area contributed by atoms with Crippen LogP contribution in [0, 0.1) is 15.3 Å². The van der Waals surface area contributed by atoms with Crippen LogP contribution in [0.1, 0.15) is 23.2 Å². The maximum Gasteiger partial charge on any atom is 0.256 e. The van der Waals surface area contributed by atoms with E-state index in [1.165, 1.54) is 29.3 Å². The van der Waals surface area contributed by atoms with Gasteiger partial charge >= 0.3 is 0 Å². The van der Waals surface area contributed by atoms with E-state index in [9.17, 15) is 18.7 Å². The van der Waals surface area contributed by atoms with Gasteiger partial charge in [-0.25, -0.2) is 9.37 Å². The first-order chi connectivity index (χ1) is 13.4. The monoisotopic (exact) mass is 500 g/mol. The van der Waals surface area contributed by atoms with E-state index in [2.05, 4.69) is 15.6 Å². The third kappa shape index (κ3) is 3.58. The highest BCUT2D eigenvalue weighted by Crippen LogP contribution is 2.33. The number of hydrogen-bond donors (Lipinski definition) is 3. The molecule has 2 aromatic rings. The largest absolute Gasteiger partial charge is 0.385 e. The first kappa shape index (κ1) is 19.5. The molecule has 0 aliphatic carbocycles. The van der Waals surface area contributed by atoms with Crippen molar-refractivity contribution in [3.05, 3.63) is 51.4 Å². The van der Waals surface area contributed by atoms with E-state index in [1.807, 2.05) is 22.6 Å². The van der Waals surface area contributed by atoms with Gasteiger partial charge < -0.3 is 20.6 Å². The number of hydrogen-bond acceptors (Lipinski definition) is 5. The van der Waals surface area contributed by atoms with Gasteiger partial charge in [0.25, 0.3) is 5.91 Å².